The molecule has 0 aromatic heterocycles. The fourth-order valence-electron chi connectivity index (χ4n) is 4.13. The van der Waals surface area contributed by atoms with E-state index in [0.717, 1.165) is 19.4 Å². The van der Waals surface area contributed by atoms with E-state index >= 15 is 0 Å². The maximum absolute atomic E-state index is 12.8. The van der Waals surface area contributed by atoms with Gasteiger partial charge in [-0.1, -0.05) is 54.1 Å². The lowest BCUT2D eigenvalue weighted by Crippen LogP contribution is -2.37. The zero-order chi connectivity index (χ0) is 23.7. The van der Waals surface area contributed by atoms with Crippen LogP contribution in [0.1, 0.15) is 37.7 Å². The standard InChI is InChI=1S/C25H31ClN2O4S/c26-21-13-15-24(16-14-21)33(31,32)27-22-18-23(11-5-2-6-12-25(29)30)28(19-22)17-7-10-20-8-3-1-4-9-20/h1,3-5,8-9,11,13-16,22-23,27H,2,6-7,10,12,17-19H2,(H,29,30)/b11-5-/t22-,23-/m1/s1. The van der Waals surface area contributed by atoms with E-state index in [0.29, 0.717) is 30.8 Å². The summed E-state index contributed by atoms with van der Waals surface area (Å²) in [5.41, 5.74) is 1.29. The first kappa shape index (κ1) is 25.4. The number of halogens is 1. The van der Waals surface area contributed by atoms with E-state index in [4.69, 9.17) is 16.7 Å². The third-order valence-electron chi connectivity index (χ3n) is 5.77. The minimum atomic E-state index is -3.63. The van der Waals surface area contributed by atoms with Crippen LogP contribution in [0.15, 0.2) is 71.6 Å². The molecule has 2 atom stereocenters. The smallest absolute Gasteiger partial charge is 0.303 e. The molecule has 0 bridgehead atoms. The third-order valence-corrected chi connectivity index (χ3v) is 7.56. The molecule has 0 unspecified atom stereocenters. The van der Waals surface area contributed by atoms with Gasteiger partial charge in [0.1, 0.15) is 0 Å². The van der Waals surface area contributed by atoms with Crippen molar-refractivity contribution >= 4 is 27.6 Å². The van der Waals surface area contributed by atoms with Crippen molar-refractivity contribution in [3.8, 4) is 0 Å². The molecule has 178 valence electrons. The van der Waals surface area contributed by atoms with E-state index in [2.05, 4.69) is 27.8 Å². The summed E-state index contributed by atoms with van der Waals surface area (Å²) in [7, 11) is -3.63. The summed E-state index contributed by atoms with van der Waals surface area (Å²) in [6, 6.07) is 16.4. The lowest BCUT2D eigenvalue weighted by molar-refractivity contribution is -0.137. The van der Waals surface area contributed by atoms with Crippen molar-refractivity contribution in [3.63, 3.8) is 0 Å². The van der Waals surface area contributed by atoms with Crippen molar-refractivity contribution in [2.24, 2.45) is 0 Å². The van der Waals surface area contributed by atoms with Gasteiger partial charge in [0.15, 0.2) is 0 Å². The summed E-state index contributed by atoms with van der Waals surface area (Å²) in [6.45, 7) is 1.49. The Bertz CT molecular complexity index is 1030. The number of carboxylic acid groups (broad SMARTS) is 1. The topological polar surface area (TPSA) is 86.7 Å². The van der Waals surface area contributed by atoms with Gasteiger partial charge < -0.3 is 5.11 Å². The molecule has 0 radical (unpaired) electrons. The Morgan fingerprint density at radius 3 is 2.55 bits per heavy atom. The molecule has 2 aromatic rings. The second kappa shape index (κ2) is 12.3. The van der Waals surface area contributed by atoms with E-state index in [9.17, 15) is 13.2 Å². The van der Waals surface area contributed by atoms with Crippen LogP contribution in [0.25, 0.3) is 0 Å². The fraction of sp³-hybridized carbons (Fsp3) is 0.400. The maximum atomic E-state index is 12.8. The second-order valence-corrected chi connectivity index (χ2v) is 10.5. The van der Waals surface area contributed by atoms with Crippen LogP contribution in [0.5, 0.6) is 0 Å². The molecule has 8 heteroatoms. The monoisotopic (exact) mass is 490 g/mol. The number of allylic oxidation sites excluding steroid dienone is 1. The second-order valence-electron chi connectivity index (χ2n) is 8.37. The van der Waals surface area contributed by atoms with Crippen LogP contribution in [0.2, 0.25) is 5.02 Å². The molecule has 1 aliphatic rings. The summed E-state index contributed by atoms with van der Waals surface area (Å²) in [5, 5.41) is 9.30. The molecular weight excluding hydrogens is 460 g/mol. The van der Waals surface area contributed by atoms with Crippen LogP contribution < -0.4 is 4.72 Å². The minimum absolute atomic E-state index is 0.114. The summed E-state index contributed by atoms with van der Waals surface area (Å²) >= 11 is 5.89. The summed E-state index contributed by atoms with van der Waals surface area (Å²) in [6.07, 6.45) is 8.18. The van der Waals surface area contributed by atoms with Gasteiger partial charge in [0.25, 0.3) is 0 Å². The van der Waals surface area contributed by atoms with Crippen molar-refractivity contribution in [1.29, 1.82) is 0 Å². The van der Waals surface area contributed by atoms with Gasteiger partial charge >= 0.3 is 5.97 Å². The Kier molecular flexibility index (Phi) is 9.50. The summed E-state index contributed by atoms with van der Waals surface area (Å²) in [5.74, 6) is -0.788. The lowest BCUT2D eigenvalue weighted by Gasteiger charge is -2.21. The SMILES string of the molecule is O=C(O)CCC/C=C\[C@@H]1C[C@@H](NS(=O)(=O)c2ccc(Cl)cc2)CN1CCCc1ccccc1. The highest BCUT2D eigenvalue weighted by Crippen LogP contribution is 2.23. The Morgan fingerprint density at radius 2 is 1.85 bits per heavy atom. The van der Waals surface area contributed by atoms with Crippen LogP contribution in [-0.4, -0.2) is 49.6 Å². The van der Waals surface area contributed by atoms with Crippen LogP contribution in [0.4, 0.5) is 0 Å². The number of hydrogen-bond donors (Lipinski definition) is 2. The van der Waals surface area contributed by atoms with E-state index in [1.807, 2.05) is 24.3 Å². The molecule has 0 aliphatic carbocycles. The van der Waals surface area contributed by atoms with E-state index in [1.54, 1.807) is 12.1 Å². The van der Waals surface area contributed by atoms with Gasteiger partial charge in [-0.25, -0.2) is 13.1 Å². The number of unbranched alkanes of at least 4 members (excludes halogenated alkanes) is 1. The Morgan fingerprint density at radius 1 is 1.12 bits per heavy atom. The van der Waals surface area contributed by atoms with Gasteiger partial charge in [-0.05, 0) is 68.5 Å². The van der Waals surface area contributed by atoms with Gasteiger partial charge in [0.2, 0.25) is 10.0 Å². The number of aliphatic carboxylic acids is 1. The molecule has 0 amide bonds. The molecule has 2 N–H and O–H groups in total. The number of likely N-dealkylation sites (tertiary alicyclic amines) is 1. The fourth-order valence-corrected chi connectivity index (χ4v) is 5.50. The Balaban J connectivity index is 1.61. The Labute approximate surface area is 201 Å². The zero-order valence-corrected chi connectivity index (χ0v) is 20.1. The number of nitrogens with zero attached hydrogens (tertiary/aromatic N) is 1. The molecule has 3 rings (SSSR count). The predicted octanol–water partition coefficient (Wildman–Crippen LogP) is 4.51. The van der Waals surface area contributed by atoms with E-state index in [1.165, 1.54) is 17.7 Å². The van der Waals surface area contributed by atoms with Gasteiger partial charge in [0, 0.05) is 30.1 Å². The number of hydrogen-bond acceptors (Lipinski definition) is 4. The number of benzene rings is 2. The molecule has 0 spiro atoms. The van der Waals surface area contributed by atoms with E-state index in [-0.39, 0.29) is 23.4 Å². The van der Waals surface area contributed by atoms with Crippen LogP contribution in [0.3, 0.4) is 0 Å². The average molecular weight is 491 g/mol. The zero-order valence-electron chi connectivity index (χ0n) is 18.6. The highest BCUT2D eigenvalue weighted by atomic mass is 35.5. The summed E-state index contributed by atoms with van der Waals surface area (Å²) < 4.78 is 28.5. The molecule has 1 aliphatic heterocycles. The summed E-state index contributed by atoms with van der Waals surface area (Å²) in [4.78, 5) is 13.2. The van der Waals surface area contributed by atoms with Crippen molar-refractivity contribution in [2.45, 2.75) is 55.5 Å². The molecule has 1 saturated heterocycles. The highest BCUT2D eigenvalue weighted by molar-refractivity contribution is 7.89. The predicted molar refractivity (Wildman–Crippen MR) is 131 cm³/mol. The van der Waals surface area contributed by atoms with Crippen LogP contribution in [-0.2, 0) is 21.2 Å². The first-order chi connectivity index (χ1) is 15.8. The first-order valence-corrected chi connectivity index (χ1v) is 13.1. The molecule has 2 aromatic carbocycles. The van der Waals surface area contributed by atoms with Gasteiger partial charge in [-0.2, -0.15) is 0 Å². The first-order valence-electron chi connectivity index (χ1n) is 11.3. The molecule has 33 heavy (non-hydrogen) atoms. The Hall–Kier alpha value is -2.19. The maximum Gasteiger partial charge on any atom is 0.303 e. The lowest BCUT2D eigenvalue weighted by atomic mass is 10.1. The molecule has 6 nitrogen and oxygen atoms in total. The number of carbonyl (C=O) groups is 1. The largest absolute Gasteiger partial charge is 0.481 e. The molecular formula is C25H31ClN2O4S. The van der Waals surface area contributed by atoms with Crippen molar-refractivity contribution < 1.29 is 18.3 Å². The van der Waals surface area contributed by atoms with Crippen molar-refractivity contribution in [3.05, 3.63) is 77.3 Å². The van der Waals surface area contributed by atoms with Crippen molar-refractivity contribution in [2.75, 3.05) is 13.1 Å². The van der Waals surface area contributed by atoms with Gasteiger partial charge in [-0.3, -0.25) is 9.69 Å². The third kappa shape index (κ3) is 8.27. The highest BCUT2D eigenvalue weighted by Gasteiger charge is 2.32. The van der Waals surface area contributed by atoms with Crippen molar-refractivity contribution in [1.82, 2.24) is 9.62 Å². The number of rotatable bonds is 12. The number of sulfonamides is 1. The van der Waals surface area contributed by atoms with Crippen LogP contribution in [0, 0.1) is 0 Å². The number of carboxylic acids is 1. The van der Waals surface area contributed by atoms with Gasteiger partial charge in [-0.15, -0.1) is 0 Å². The molecule has 0 saturated carbocycles. The molecule has 1 heterocycles. The molecule has 1 fully saturated rings. The van der Waals surface area contributed by atoms with Crippen LogP contribution >= 0.6 is 11.6 Å². The van der Waals surface area contributed by atoms with E-state index < -0.39 is 16.0 Å². The normalized spacial score (nSPS) is 19.3. The van der Waals surface area contributed by atoms with Gasteiger partial charge in [0.05, 0.1) is 4.90 Å². The average Bonchev–Trinajstić information content (AvgIpc) is 3.15. The number of aryl methyl sites for hydroxylation is 1. The number of nitrogens with one attached hydrogen (secondary N) is 1. The minimum Gasteiger partial charge on any atom is -0.481 e. The quantitative estimate of drug-likeness (QED) is 0.338.